The molecule has 0 saturated heterocycles. The first kappa shape index (κ1) is 20.8. The Balaban J connectivity index is 1.56. The maximum atomic E-state index is 4.45. The molecule has 0 aliphatic carbocycles. The Kier molecular flexibility index (Phi) is 4.62. The predicted molar refractivity (Wildman–Crippen MR) is 156 cm³/mol. The van der Waals surface area contributed by atoms with Crippen LogP contribution in [0.3, 0.4) is 0 Å². The molecule has 1 aliphatic rings. The molecule has 0 spiro atoms. The van der Waals surface area contributed by atoms with Gasteiger partial charge in [0, 0.05) is 38.8 Å². The monoisotopic (exact) mass is 462 g/mol. The van der Waals surface area contributed by atoms with Crippen LogP contribution in [0.5, 0.6) is 0 Å². The number of allylic oxidation sites excluding steroid dienone is 3. The zero-order chi connectivity index (χ0) is 24.2. The summed E-state index contributed by atoms with van der Waals surface area (Å²) in [5.41, 5.74) is 10.6. The van der Waals surface area contributed by atoms with Gasteiger partial charge in [-0.2, -0.15) is 0 Å². The van der Waals surface area contributed by atoms with E-state index in [0.717, 1.165) is 23.5 Å². The van der Waals surface area contributed by atoms with Gasteiger partial charge in [0.2, 0.25) is 0 Å². The topological polar surface area (TPSA) is 17.0 Å². The van der Waals surface area contributed by atoms with Crippen molar-refractivity contribution in [3.8, 4) is 22.3 Å². The molecule has 1 aliphatic heterocycles. The summed E-state index contributed by atoms with van der Waals surface area (Å²) in [5, 5.41) is 8.76. The van der Waals surface area contributed by atoms with Crippen LogP contribution in [0.25, 0.3) is 60.5 Å². The Hall–Kier alpha value is -4.56. The summed E-state index contributed by atoms with van der Waals surface area (Å²) in [7, 11) is 0. The summed E-state index contributed by atoms with van der Waals surface area (Å²) in [5.74, 6) is 0. The highest BCUT2D eigenvalue weighted by Gasteiger charge is 2.21. The van der Waals surface area contributed by atoms with Gasteiger partial charge >= 0.3 is 0 Å². The fourth-order valence-electron chi connectivity index (χ4n) is 5.65. The number of hydrogen-bond acceptors (Lipinski definition) is 1. The Morgan fingerprint density at radius 3 is 2.39 bits per heavy atom. The van der Waals surface area contributed by atoms with E-state index in [2.05, 4.69) is 133 Å². The molecule has 0 fully saturated rings. The average Bonchev–Trinajstić information content (AvgIpc) is 3.24. The molecule has 2 heteroatoms. The standard InChI is InChI=1S/C34H26N2/c1-3-4-10-22(2)36-32-18-17-25(23-11-6-5-7-12-23)19-28(32)29-20-27-26-15-8-13-24-14-9-16-30(34(24)26)35-31(27)21-33(29)36/h4-21,35H,2-3H2,1H3/b10-4-. The second kappa shape index (κ2) is 8.00. The van der Waals surface area contributed by atoms with Gasteiger partial charge in [-0.05, 0) is 64.9 Å². The average molecular weight is 463 g/mol. The molecule has 0 bridgehead atoms. The quantitative estimate of drug-likeness (QED) is 0.258. The van der Waals surface area contributed by atoms with E-state index in [1.54, 1.807) is 0 Å². The molecule has 172 valence electrons. The maximum Gasteiger partial charge on any atom is 0.0561 e. The Bertz CT molecular complexity index is 1850. The second-order valence-electron chi connectivity index (χ2n) is 9.48. The number of nitrogens with one attached hydrogen (secondary N) is 1. The van der Waals surface area contributed by atoms with Gasteiger partial charge in [0.05, 0.1) is 11.0 Å². The highest BCUT2D eigenvalue weighted by molar-refractivity contribution is 6.18. The highest BCUT2D eigenvalue weighted by atomic mass is 15.0. The summed E-state index contributed by atoms with van der Waals surface area (Å²) < 4.78 is 2.30. The molecule has 5 aromatic carbocycles. The van der Waals surface area contributed by atoms with Crippen LogP contribution < -0.4 is 5.32 Å². The minimum absolute atomic E-state index is 0.975. The molecule has 6 aromatic rings. The van der Waals surface area contributed by atoms with Gasteiger partial charge in [0.15, 0.2) is 0 Å². The first-order chi connectivity index (χ1) is 17.7. The van der Waals surface area contributed by atoms with Crippen molar-refractivity contribution in [3.63, 3.8) is 0 Å². The molecule has 0 atom stereocenters. The molecule has 7 rings (SSSR count). The van der Waals surface area contributed by atoms with E-state index in [0.29, 0.717) is 0 Å². The minimum atomic E-state index is 0.975. The fraction of sp³-hybridized carbons (Fsp3) is 0.0588. The third-order valence-corrected chi connectivity index (χ3v) is 7.31. The van der Waals surface area contributed by atoms with Crippen molar-refractivity contribution in [2.75, 3.05) is 5.32 Å². The number of aromatic nitrogens is 1. The maximum absolute atomic E-state index is 4.45. The number of hydrogen-bond donors (Lipinski definition) is 1. The van der Waals surface area contributed by atoms with Crippen molar-refractivity contribution in [1.29, 1.82) is 0 Å². The first-order valence-corrected chi connectivity index (χ1v) is 12.6. The van der Waals surface area contributed by atoms with Crippen molar-refractivity contribution in [1.82, 2.24) is 4.57 Å². The summed E-state index contributed by atoms with van der Waals surface area (Å²) in [4.78, 5) is 0. The van der Waals surface area contributed by atoms with E-state index in [1.807, 2.05) is 0 Å². The molecule has 0 amide bonds. The lowest BCUT2D eigenvalue weighted by molar-refractivity contribution is 1.20. The Morgan fingerprint density at radius 2 is 1.56 bits per heavy atom. The summed E-state index contributed by atoms with van der Waals surface area (Å²) in [6, 6.07) is 35.1. The van der Waals surface area contributed by atoms with Crippen molar-refractivity contribution in [2.24, 2.45) is 0 Å². The highest BCUT2D eigenvalue weighted by Crippen LogP contribution is 2.47. The first-order valence-electron chi connectivity index (χ1n) is 12.6. The van der Waals surface area contributed by atoms with Crippen LogP contribution in [0, 0.1) is 0 Å². The van der Waals surface area contributed by atoms with Gasteiger partial charge in [-0.25, -0.2) is 0 Å². The molecule has 0 radical (unpaired) electrons. The number of nitrogens with zero attached hydrogens (tertiary/aromatic N) is 1. The zero-order valence-corrected chi connectivity index (χ0v) is 20.3. The molecule has 0 saturated carbocycles. The molecular weight excluding hydrogens is 436 g/mol. The van der Waals surface area contributed by atoms with Crippen molar-refractivity contribution in [2.45, 2.75) is 13.3 Å². The van der Waals surface area contributed by atoms with E-state index >= 15 is 0 Å². The lowest BCUT2D eigenvalue weighted by Gasteiger charge is -2.23. The number of rotatable bonds is 4. The molecule has 2 heterocycles. The fourth-order valence-corrected chi connectivity index (χ4v) is 5.65. The van der Waals surface area contributed by atoms with E-state index in [4.69, 9.17) is 0 Å². The molecule has 1 N–H and O–H groups in total. The molecule has 36 heavy (non-hydrogen) atoms. The summed E-state index contributed by atoms with van der Waals surface area (Å²) >= 11 is 0. The van der Waals surface area contributed by atoms with Crippen LogP contribution in [-0.4, -0.2) is 4.57 Å². The van der Waals surface area contributed by atoms with Crippen LogP contribution in [0.15, 0.2) is 116 Å². The SMILES string of the molecule is C=C(/C=C\CC)n1c2ccc(-c3ccccc3)cc2c2cc3c(cc21)Nc1cccc2cccc-3c12. The van der Waals surface area contributed by atoms with E-state index in [1.165, 1.54) is 54.8 Å². The zero-order valence-electron chi connectivity index (χ0n) is 20.3. The molecule has 0 unspecified atom stereocenters. The van der Waals surface area contributed by atoms with E-state index in [-0.39, 0.29) is 0 Å². The third-order valence-electron chi connectivity index (χ3n) is 7.31. The Morgan fingerprint density at radius 1 is 0.750 bits per heavy atom. The minimum Gasteiger partial charge on any atom is -0.354 e. The Labute approximate surface area is 210 Å². The van der Waals surface area contributed by atoms with Crippen LogP contribution in [-0.2, 0) is 0 Å². The van der Waals surface area contributed by atoms with E-state index in [9.17, 15) is 0 Å². The second-order valence-corrected chi connectivity index (χ2v) is 9.48. The van der Waals surface area contributed by atoms with E-state index < -0.39 is 0 Å². The predicted octanol–water partition coefficient (Wildman–Crippen LogP) is 9.78. The molecular formula is C34H26N2. The third kappa shape index (κ3) is 3.04. The van der Waals surface area contributed by atoms with Gasteiger partial charge in [-0.1, -0.05) is 86.3 Å². The summed E-state index contributed by atoms with van der Waals surface area (Å²) in [6.45, 7) is 6.60. The van der Waals surface area contributed by atoms with Crippen molar-refractivity contribution < 1.29 is 0 Å². The number of fused-ring (bicyclic) bond motifs is 5. The van der Waals surface area contributed by atoms with Crippen molar-refractivity contribution in [3.05, 3.63) is 116 Å². The van der Waals surface area contributed by atoms with Crippen molar-refractivity contribution >= 4 is 49.7 Å². The van der Waals surface area contributed by atoms with Crippen LogP contribution in [0.2, 0.25) is 0 Å². The molecule has 1 aromatic heterocycles. The number of benzene rings is 5. The van der Waals surface area contributed by atoms with Crippen LogP contribution in [0.4, 0.5) is 11.4 Å². The molecule has 2 nitrogen and oxygen atoms in total. The largest absolute Gasteiger partial charge is 0.354 e. The summed E-state index contributed by atoms with van der Waals surface area (Å²) in [6.07, 6.45) is 5.28. The normalized spacial score (nSPS) is 12.4. The smallest absolute Gasteiger partial charge is 0.0561 e. The lowest BCUT2D eigenvalue weighted by Crippen LogP contribution is -2.02. The van der Waals surface area contributed by atoms with Gasteiger partial charge < -0.3 is 9.88 Å². The van der Waals surface area contributed by atoms with Gasteiger partial charge in [-0.3, -0.25) is 0 Å². The van der Waals surface area contributed by atoms with Crippen LogP contribution in [0.1, 0.15) is 13.3 Å². The van der Waals surface area contributed by atoms with Crippen LogP contribution >= 0.6 is 0 Å². The van der Waals surface area contributed by atoms with Gasteiger partial charge in [0.1, 0.15) is 0 Å². The van der Waals surface area contributed by atoms with Gasteiger partial charge in [0.25, 0.3) is 0 Å². The number of anilines is 2. The van der Waals surface area contributed by atoms with Gasteiger partial charge in [-0.15, -0.1) is 0 Å². The lowest BCUT2D eigenvalue weighted by atomic mass is 9.91.